The van der Waals surface area contributed by atoms with Gasteiger partial charge in [0.15, 0.2) is 5.65 Å². The lowest BCUT2D eigenvalue weighted by atomic mass is 10.1. The standard InChI is InChI=1S/C31H29FN8O2/c1-19(40-31-27(30(33)35-18-36-31)28(37-40)21-12-22(32)14-24(41)13-21)25-15-23-4-2-3-7-39(23)29(25)26-6-5-20(16-34-26)17-38-8-10-42-11-9-38/h2-7,12-16,18-19,41H,8-11,17H2,1H3,(H2,33,35,36). The van der Waals surface area contributed by atoms with Gasteiger partial charge in [0.25, 0.3) is 0 Å². The summed E-state index contributed by atoms with van der Waals surface area (Å²) in [6.07, 6.45) is 5.35. The van der Waals surface area contributed by atoms with Crippen molar-refractivity contribution in [3.8, 4) is 28.4 Å². The van der Waals surface area contributed by atoms with Crippen LogP contribution in [0.5, 0.6) is 5.75 Å². The summed E-state index contributed by atoms with van der Waals surface area (Å²) in [6.45, 7) is 6.19. The van der Waals surface area contributed by atoms with Crippen molar-refractivity contribution in [3.05, 3.63) is 90.3 Å². The SMILES string of the molecule is CC(c1cc2ccccn2c1-c1ccc(CN2CCOCC2)cn1)n1nc(-c2cc(O)cc(F)c2)c2c(N)ncnc21. The monoisotopic (exact) mass is 564 g/mol. The van der Waals surface area contributed by atoms with Crippen LogP contribution in [0.4, 0.5) is 10.2 Å². The molecule has 3 N–H and O–H groups in total. The number of fused-ring (bicyclic) bond motifs is 2. The Hall–Kier alpha value is -4.87. The average Bonchev–Trinajstić information content (AvgIpc) is 3.58. The number of phenols is 1. The molecule has 1 aromatic carbocycles. The number of halogens is 1. The first-order valence-electron chi connectivity index (χ1n) is 13.8. The fourth-order valence-corrected chi connectivity index (χ4v) is 5.72. The third-order valence-corrected chi connectivity index (χ3v) is 7.78. The second-order valence-corrected chi connectivity index (χ2v) is 10.5. The number of hydrogen-bond acceptors (Lipinski definition) is 8. The second-order valence-electron chi connectivity index (χ2n) is 10.5. The lowest BCUT2D eigenvalue weighted by Gasteiger charge is -2.26. The molecule has 42 heavy (non-hydrogen) atoms. The Morgan fingerprint density at radius 1 is 1.05 bits per heavy atom. The maximum Gasteiger partial charge on any atom is 0.164 e. The third-order valence-electron chi connectivity index (χ3n) is 7.78. The van der Waals surface area contributed by atoms with Gasteiger partial charge in [-0.25, -0.2) is 19.0 Å². The van der Waals surface area contributed by atoms with Crippen molar-refractivity contribution in [1.82, 2.24) is 34.0 Å². The Bertz CT molecular complexity index is 1890. The lowest BCUT2D eigenvalue weighted by Crippen LogP contribution is -2.35. The molecule has 10 nitrogen and oxygen atoms in total. The van der Waals surface area contributed by atoms with Crippen molar-refractivity contribution in [2.75, 3.05) is 32.0 Å². The van der Waals surface area contributed by atoms with Gasteiger partial charge in [0, 0.05) is 54.7 Å². The normalized spacial score (nSPS) is 15.0. The summed E-state index contributed by atoms with van der Waals surface area (Å²) in [7, 11) is 0. The van der Waals surface area contributed by atoms with Gasteiger partial charge in [-0.05, 0) is 48.9 Å². The summed E-state index contributed by atoms with van der Waals surface area (Å²) in [4.78, 5) is 16.0. The number of ether oxygens (including phenoxy) is 1. The van der Waals surface area contributed by atoms with E-state index in [2.05, 4.69) is 43.5 Å². The van der Waals surface area contributed by atoms with Crippen molar-refractivity contribution in [1.29, 1.82) is 0 Å². The Morgan fingerprint density at radius 2 is 1.90 bits per heavy atom. The molecule has 0 radical (unpaired) electrons. The van der Waals surface area contributed by atoms with E-state index in [9.17, 15) is 9.50 Å². The number of aromatic hydroxyl groups is 1. The number of nitrogens with zero attached hydrogens (tertiary/aromatic N) is 7. The quantitative estimate of drug-likeness (QED) is 0.299. The largest absolute Gasteiger partial charge is 0.508 e. The van der Waals surface area contributed by atoms with Crippen molar-refractivity contribution >= 4 is 22.4 Å². The molecule has 1 atom stereocenters. The molecule has 6 heterocycles. The van der Waals surface area contributed by atoms with Crippen LogP contribution in [0.1, 0.15) is 24.1 Å². The molecule has 0 saturated carbocycles. The predicted molar refractivity (Wildman–Crippen MR) is 157 cm³/mol. The van der Waals surface area contributed by atoms with Crippen LogP contribution < -0.4 is 5.73 Å². The van der Waals surface area contributed by atoms with Gasteiger partial charge in [-0.1, -0.05) is 12.1 Å². The molecule has 0 amide bonds. The van der Waals surface area contributed by atoms with Crippen LogP contribution in [-0.2, 0) is 11.3 Å². The maximum absolute atomic E-state index is 14.3. The first kappa shape index (κ1) is 26.1. The maximum atomic E-state index is 14.3. The minimum atomic E-state index is -0.583. The molecule has 11 heteroatoms. The molecular weight excluding hydrogens is 535 g/mol. The number of benzene rings is 1. The number of morpholine rings is 1. The van der Waals surface area contributed by atoms with Crippen molar-refractivity contribution in [2.45, 2.75) is 19.5 Å². The molecule has 1 aliphatic rings. The van der Waals surface area contributed by atoms with Gasteiger partial charge < -0.3 is 20.0 Å². The second kappa shape index (κ2) is 10.5. The molecule has 1 aliphatic heterocycles. The summed E-state index contributed by atoms with van der Waals surface area (Å²) in [5.41, 5.74) is 12.5. The Labute approximate surface area is 240 Å². The Balaban J connectivity index is 1.34. The molecule has 1 unspecified atom stereocenters. The summed E-state index contributed by atoms with van der Waals surface area (Å²) in [6, 6.07) is 15.8. The number of nitrogen functional groups attached to an aromatic ring is 1. The number of rotatable bonds is 6. The highest BCUT2D eigenvalue weighted by Crippen LogP contribution is 2.38. The highest BCUT2D eigenvalue weighted by atomic mass is 19.1. The van der Waals surface area contributed by atoms with Gasteiger partial charge in [0.05, 0.1) is 36.0 Å². The Kier molecular flexibility index (Phi) is 6.52. The van der Waals surface area contributed by atoms with Gasteiger partial charge in [-0.2, -0.15) is 5.10 Å². The summed E-state index contributed by atoms with van der Waals surface area (Å²) in [5.74, 6) is -0.572. The molecule has 6 aromatic rings. The summed E-state index contributed by atoms with van der Waals surface area (Å²) >= 11 is 0. The molecular formula is C31H29FN8O2. The Morgan fingerprint density at radius 3 is 2.69 bits per heavy atom. The molecule has 1 fully saturated rings. The lowest BCUT2D eigenvalue weighted by molar-refractivity contribution is 0.0341. The first-order chi connectivity index (χ1) is 20.5. The number of phenolic OH excluding ortho intramolecular Hbond substituents is 1. The highest BCUT2D eigenvalue weighted by Gasteiger charge is 2.25. The number of aromatic nitrogens is 6. The number of anilines is 1. The van der Waals surface area contributed by atoms with Gasteiger partial charge in [-0.15, -0.1) is 0 Å². The van der Waals surface area contributed by atoms with Gasteiger partial charge >= 0.3 is 0 Å². The number of nitrogens with two attached hydrogens (primary N) is 1. The van der Waals surface area contributed by atoms with Gasteiger partial charge in [0.2, 0.25) is 0 Å². The van der Waals surface area contributed by atoms with Crippen LogP contribution in [0, 0.1) is 5.82 Å². The van der Waals surface area contributed by atoms with Crippen LogP contribution in [-0.4, -0.2) is 65.4 Å². The number of hydrogen-bond donors (Lipinski definition) is 2. The van der Waals surface area contributed by atoms with E-state index in [1.807, 2.05) is 31.5 Å². The van der Waals surface area contributed by atoms with E-state index in [4.69, 9.17) is 20.6 Å². The number of pyridine rings is 2. The smallest absolute Gasteiger partial charge is 0.164 e. The topological polar surface area (TPSA) is 120 Å². The molecule has 0 aliphatic carbocycles. The minimum absolute atomic E-state index is 0.208. The van der Waals surface area contributed by atoms with E-state index in [-0.39, 0.29) is 17.6 Å². The average molecular weight is 565 g/mol. The van der Waals surface area contributed by atoms with E-state index < -0.39 is 5.82 Å². The molecule has 0 bridgehead atoms. The van der Waals surface area contributed by atoms with Crippen LogP contribution in [0.3, 0.4) is 0 Å². The van der Waals surface area contributed by atoms with E-state index in [0.29, 0.717) is 22.3 Å². The van der Waals surface area contributed by atoms with Gasteiger partial charge in [0.1, 0.15) is 29.4 Å². The zero-order chi connectivity index (χ0) is 28.8. The molecule has 212 valence electrons. The zero-order valence-electron chi connectivity index (χ0n) is 23.0. The summed E-state index contributed by atoms with van der Waals surface area (Å²) < 4.78 is 23.7. The molecule has 5 aromatic heterocycles. The van der Waals surface area contributed by atoms with Gasteiger partial charge in [-0.3, -0.25) is 9.88 Å². The molecule has 1 saturated heterocycles. The van der Waals surface area contributed by atoms with Crippen LogP contribution >= 0.6 is 0 Å². The summed E-state index contributed by atoms with van der Waals surface area (Å²) in [5, 5.41) is 15.5. The fourth-order valence-electron chi connectivity index (χ4n) is 5.72. The van der Waals surface area contributed by atoms with Crippen molar-refractivity contribution in [2.24, 2.45) is 0 Å². The van der Waals surface area contributed by atoms with E-state index in [1.54, 1.807) is 4.68 Å². The van der Waals surface area contributed by atoms with Crippen LogP contribution in [0.25, 0.3) is 39.2 Å². The molecule has 7 rings (SSSR count). The van der Waals surface area contributed by atoms with Crippen molar-refractivity contribution in [3.63, 3.8) is 0 Å². The fraction of sp³-hybridized carbons (Fsp3) is 0.226. The van der Waals surface area contributed by atoms with E-state index in [1.165, 1.54) is 18.5 Å². The van der Waals surface area contributed by atoms with Crippen LogP contribution in [0.2, 0.25) is 0 Å². The van der Waals surface area contributed by atoms with E-state index >= 15 is 0 Å². The molecule has 0 spiro atoms. The third kappa shape index (κ3) is 4.62. The first-order valence-corrected chi connectivity index (χ1v) is 13.8. The highest BCUT2D eigenvalue weighted by molar-refractivity contribution is 5.98. The minimum Gasteiger partial charge on any atom is -0.508 e. The van der Waals surface area contributed by atoms with E-state index in [0.717, 1.165) is 66.9 Å². The predicted octanol–water partition coefficient (Wildman–Crippen LogP) is 4.68. The zero-order valence-corrected chi connectivity index (χ0v) is 23.0. The van der Waals surface area contributed by atoms with Crippen LogP contribution in [0.15, 0.2) is 73.3 Å². The van der Waals surface area contributed by atoms with Crippen molar-refractivity contribution < 1.29 is 14.2 Å².